The van der Waals surface area contributed by atoms with Crippen LogP contribution in [0.25, 0.3) is 0 Å². The van der Waals surface area contributed by atoms with E-state index < -0.39 is 0 Å². The Hall–Kier alpha value is -0.770. The van der Waals surface area contributed by atoms with Gasteiger partial charge in [0.15, 0.2) is 0 Å². The molecule has 1 aromatic rings. The van der Waals surface area contributed by atoms with Crippen LogP contribution < -0.4 is 16.2 Å². The highest BCUT2D eigenvalue weighted by Crippen LogP contribution is 2.42. The highest BCUT2D eigenvalue weighted by molar-refractivity contribution is 6.30. The van der Waals surface area contributed by atoms with Crippen LogP contribution in [0.1, 0.15) is 62.1 Å². The largest absolute Gasteiger partial charge is 0.493 e. The average Bonchev–Trinajstić information content (AvgIpc) is 2.48. The molecule has 4 N–H and O–H groups in total. The molecule has 1 aromatic carbocycles. The first-order valence-corrected chi connectivity index (χ1v) is 7.97. The molecule has 0 aromatic heterocycles. The fourth-order valence-corrected chi connectivity index (χ4v) is 3.30. The summed E-state index contributed by atoms with van der Waals surface area (Å²) in [6.45, 7) is 3.02. The van der Waals surface area contributed by atoms with Gasteiger partial charge in [-0.25, -0.2) is 0 Å². The monoisotopic (exact) mass is 296 g/mol. The third-order valence-corrected chi connectivity index (χ3v) is 4.32. The lowest BCUT2D eigenvalue weighted by Crippen LogP contribution is -2.22. The average molecular weight is 297 g/mol. The Balaban J connectivity index is 2.44. The smallest absolute Gasteiger partial charge is 0.127 e. The Morgan fingerprint density at radius 2 is 2.00 bits per heavy atom. The first-order valence-electron chi connectivity index (χ1n) is 7.59. The van der Waals surface area contributed by atoms with Crippen LogP contribution in [-0.2, 0) is 0 Å². The molecule has 3 nitrogen and oxygen atoms in total. The normalized spacial score (nSPS) is 18.0. The standard InChI is InChI=1S/C16H25ClN2O/c1-2-20-16-13(11-6-4-3-5-7-11)8-12(17)9-14(16)15(19)10-18/h8-9,11,15H,2-7,10,18-19H2,1H3. The molecule has 0 aliphatic heterocycles. The molecule has 2 rings (SSSR count). The second-order valence-electron chi connectivity index (χ2n) is 5.52. The zero-order valence-electron chi connectivity index (χ0n) is 12.2. The summed E-state index contributed by atoms with van der Waals surface area (Å²) in [6, 6.07) is 3.73. The topological polar surface area (TPSA) is 61.3 Å². The molecule has 0 radical (unpaired) electrons. The second-order valence-corrected chi connectivity index (χ2v) is 5.96. The minimum Gasteiger partial charge on any atom is -0.493 e. The van der Waals surface area contributed by atoms with Crippen LogP contribution >= 0.6 is 11.6 Å². The van der Waals surface area contributed by atoms with Gasteiger partial charge >= 0.3 is 0 Å². The zero-order chi connectivity index (χ0) is 14.5. The lowest BCUT2D eigenvalue weighted by Gasteiger charge is -2.27. The van der Waals surface area contributed by atoms with Gasteiger partial charge in [-0.3, -0.25) is 0 Å². The van der Waals surface area contributed by atoms with Crippen LogP contribution in [0.5, 0.6) is 5.75 Å². The summed E-state index contributed by atoms with van der Waals surface area (Å²) < 4.78 is 5.91. The summed E-state index contributed by atoms with van der Waals surface area (Å²) in [7, 11) is 0. The first kappa shape index (κ1) is 15.6. The van der Waals surface area contributed by atoms with E-state index in [0.29, 0.717) is 19.1 Å². The molecule has 20 heavy (non-hydrogen) atoms. The van der Waals surface area contributed by atoms with E-state index in [0.717, 1.165) is 16.3 Å². The maximum Gasteiger partial charge on any atom is 0.127 e. The van der Waals surface area contributed by atoms with Crippen molar-refractivity contribution in [1.82, 2.24) is 0 Å². The number of nitrogens with two attached hydrogens (primary N) is 2. The van der Waals surface area contributed by atoms with Crippen molar-refractivity contribution in [2.45, 2.75) is 51.0 Å². The van der Waals surface area contributed by atoms with Crippen LogP contribution in [-0.4, -0.2) is 13.2 Å². The van der Waals surface area contributed by atoms with Crippen LogP contribution in [0, 0.1) is 0 Å². The van der Waals surface area contributed by atoms with E-state index in [9.17, 15) is 0 Å². The molecule has 0 saturated heterocycles. The molecule has 0 amide bonds. The Kier molecular flexibility index (Phi) is 5.70. The van der Waals surface area contributed by atoms with E-state index >= 15 is 0 Å². The molecular formula is C16H25ClN2O. The summed E-state index contributed by atoms with van der Waals surface area (Å²) in [5, 5.41) is 0.730. The van der Waals surface area contributed by atoms with E-state index in [-0.39, 0.29) is 6.04 Å². The lowest BCUT2D eigenvalue weighted by atomic mass is 9.82. The summed E-state index contributed by atoms with van der Waals surface area (Å²) in [6.07, 6.45) is 6.30. The fraction of sp³-hybridized carbons (Fsp3) is 0.625. The van der Waals surface area contributed by atoms with Crippen molar-refractivity contribution in [1.29, 1.82) is 0 Å². The molecule has 0 heterocycles. The van der Waals surface area contributed by atoms with Gasteiger partial charge in [-0.2, -0.15) is 0 Å². The van der Waals surface area contributed by atoms with E-state index in [1.165, 1.54) is 37.7 Å². The van der Waals surface area contributed by atoms with Crippen molar-refractivity contribution >= 4 is 11.6 Å². The zero-order valence-corrected chi connectivity index (χ0v) is 13.0. The van der Waals surface area contributed by atoms with E-state index in [2.05, 4.69) is 6.07 Å². The summed E-state index contributed by atoms with van der Waals surface area (Å²) in [4.78, 5) is 0. The highest BCUT2D eigenvalue weighted by Gasteiger charge is 2.23. The number of hydrogen-bond donors (Lipinski definition) is 2. The minimum absolute atomic E-state index is 0.224. The summed E-state index contributed by atoms with van der Waals surface area (Å²) in [5.41, 5.74) is 14.0. The molecule has 1 aliphatic rings. The molecule has 4 heteroatoms. The van der Waals surface area contributed by atoms with Gasteiger partial charge in [0.25, 0.3) is 0 Å². The first-order chi connectivity index (χ1) is 9.67. The second kappa shape index (κ2) is 7.30. The molecule has 0 spiro atoms. The maximum atomic E-state index is 6.29. The van der Waals surface area contributed by atoms with Crippen molar-refractivity contribution in [3.05, 3.63) is 28.3 Å². The highest BCUT2D eigenvalue weighted by atomic mass is 35.5. The quantitative estimate of drug-likeness (QED) is 0.870. The van der Waals surface area contributed by atoms with E-state index in [4.69, 9.17) is 27.8 Å². The van der Waals surface area contributed by atoms with Crippen molar-refractivity contribution in [2.24, 2.45) is 11.5 Å². The predicted molar refractivity (Wildman–Crippen MR) is 84.4 cm³/mol. The molecule has 1 atom stereocenters. The van der Waals surface area contributed by atoms with Crippen molar-refractivity contribution in [3.63, 3.8) is 0 Å². The summed E-state index contributed by atoms with van der Waals surface area (Å²) >= 11 is 6.29. The van der Waals surface area contributed by atoms with Crippen molar-refractivity contribution in [2.75, 3.05) is 13.2 Å². The van der Waals surface area contributed by atoms with Gasteiger partial charge in [0, 0.05) is 23.2 Å². The number of hydrogen-bond acceptors (Lipinski definition) is 3. The number of rotatable bonds is 5. The van der Waals surface area contributed by atoms with E-state index in [1.807, 2.05) is 13.0 Å². The Morgan fingerprint density at radius 3 is 2.60 bits per heavy atom. The maximum absolute atomic E-state index is 6.29. The van der Waals surface area contributed by atoms with Gasteiger partial charge in [-0.1, -0.05) is 30.9 Å². The van der Waals surface area contributed by atoms with Gasteiger partial charge in [-0.05, 0) is 43.4 Å². The van der Waals surface area contributed by atoms with Crippen LogP contribution in [0.2, 0.25) is 5.02 Å². The van der Waals surface area contributed by atoms with Crippen molar-refractivity contribution < 1.29 is 4.74 Å². The molecule has 112 valence electrons. The van der Waals surface area contributed by atoms with Crippen LogP contribution in [0.15, 0.2) is 12.1 Å². The van der Waals surface area contributed by atoms with Crippen LogP contribution in [0.3, 0.4) is 0 Å². The molecule has 1 unspecified atom stereocenters. The number of benzene rings is 1. The minimum atomic E-state index is -0.224. The van der Waals surface area contributed by atoms with Gasteiger partial charge in [0.05, 0.1) is 6.61 Å². The Bertz CT molecular complexity index is 444. The number of halogens is 1. The fourth-order valence-electron chi connectivity index (χ4n) is 3.07. The molecule has 0 bridgehead atoms. The summed E-state index contributed by atoms with van der Waals surface area (Å²) in [5.74, 6) is 1.45. The lowest BCUT2D eigenvalue weighted by molar-refractivity contribution is 0.322. The molecular weight excluding hydrogens is 272 g/mol. The van der Waals surface area contributed by atoms with Gasteiger partial charge in [0.1, 0.15) is 5.75 Å². The van der Waals surface area contributed by atoms with Crippen molar-refractivity contribution in [3.8, 4) is 5.75 Å². The Morgan fingerprint density at radius 1 is 1.30 bits per heavy atom. The Labute approximate surface area is 126 Å². The SMILES string of the molecule is CCOc1c(C(N)CN)cc(Cl)cc1C1CCCCC1. The third kappa shape index (κ3) is 3.46. The molecule has 1 aliphatic carbocycles. The van der Waals surface area contributed by atoms with Gasteiger partial charge in [0.2, 0.25) is 0 Å². The predicted octanol–water partition coefficient (Wildman–Crippen LogP) is 3.74. The number of ether oxygens (including phenoxy) is 1. The molecule has 1 fully saturated rings. The van der Waals surface area contributed by atoms with E-state index in [1.54, 1.807) is 0 Å². The van der Waals surface area contributed by atoms with Gasteiger partial charge in [-0.15, -0.1) is 0 Å². The molecule has 1 saturated carbocycles. The third-order valence-electron chi connectivity index (χ3n) is 4.10. The van der Waals surface area contributed by atoms with Gasteiger partial charge < -0.3 is 16.2 Å². The van der Waals surface area contributed by atoms with Crippen LogP contribution in [0.4, 0.5) is 0 Å².